The minimum Gasteiger partial charge on any atom is -0.485 e. The molecular formula is C47H60O4. The van der Waals surface area contributed by atoms with E-state index in [1.165, 1.54) is 52.6 Å². The van der Waals surface area contributed by atoms with Crippen molar-refractivity contribution in [2.45, 2.75) is 93.0 Å². The molecule has 8 rings (SSSR count). The van der Waals surface area contributed by atoms with Crippen molar-refractivity contribution in [3.63, 3.8) is 0 Å². The predicted octanol–water partition coefficient (Wildman–Crippen LogP) is 12.9. The Hall–Kier alpha value is -4.54. The summed E-state index contributed by atoms with van der Waals surface area (Å²) in [5, 5.41) is 7.00. The Kier molecular flexibility index (Phi) is 14.5. The van der Waals surface area contributed by atoms with E-state index in [4.69, 9.17) is 19.3 Å². The lowest BCUT2D eigenvalue weighted by molar-refractivity contribution is -0.109. The van der Waals surface area contributed by atoms with E-state index in [0.29, 0.717) is 5.41 Å². The number of allylic oxidation sites excluding steroid dienone is 1. The van der Waals surface area contributed by atoms with Crippen LogP contribution in [0.4, 0.5) is 0 Å². The number of hydrogen-bond acceptors (Lipinski definition) is 4. The molecular weight excluding hydrogens is 629 g/mol. The summed E-state index contributed by atoms with van der Waals surface area (Å²) < 4.78 is 17.7. The summed E-state index contributed by atoms with van der Waals surface area (Å²) >= 11 is 0. The molecule has 0 saturated carbocycles. The Labute approximate surface area is 308 Å². The average Bonchev–Trinajstić information content (AvgIpc) is 3.95. The lowest BCUT2D eigenvalue weighted by Crippen LogP contribution is -2.38. The van der Waals surface area contributed by atoms with Crippen molar-refractivity contribution in [2.75, 3.05) is 7.11 Å². The Bertz CT molecular complexity index is 1660. The smallest absolute Gasteiger partial charge is 0.305 e. The number of fused-ring (bicyclic) bond motifs is 10. The van der Waals surface area contributed by atoms with Crippen LogP contribution in [0.2, 0.25) is 0 Å². The molecule has 1 N–H and O–H groups in total. The van der Waals surface area contributed by atoms with Gasteiger partial charge in [0.1, 0.15) is 12.5 Å². The molecule has 0 amide bonds. The van der Waals surface area contributed by atoms with Crippen molar-refractivity contribution < 1.29 is 19.3 Å². The maximum absolute atomic E-state index is 7.00. The van der Waals surface area contributed by atoms with E-state index in [1.54, 1.807) is 12.5 Å². The van der Waals surface area contributed by atoms with Crippen molar-refractivity contribution in [1.29, 1.82) is 0 Å². The number of unbranched alkanes of at least 4 members (excludes halogenated alkanes) is 1. The maximum atomic E-state index is 7.00. The highest BCUT2D eigenvalue weighted by atomic mass is 16.7. The molecule has 4 aromatic rings. The summed E-state index contributed by atoms with van der Waals surface area (Å²) in [7, 11) is 1.00. The highest BCUT2D eigenvalue weighted by molar-refractivity contribution is 5.81. The molecule has 0 radical (unpaired) electrons. The van der Waals surface area contributed by atoms with Gasteiger partial charge in [0.05, 0.1) is 6.26 Å². The second-order valence-corrected chi connectivity index (χ2v) is 13.4. The molecule has 0 aromatic heterocycles. The van der Waals surface area contributed by atoms with Crippen LogP contribution in [0.25, 0.3) is 22.3 Å². The van der Waals surface area contributed by atoms with E-state index in [9.17, 15) is 0 Å². The zero-order valence-corrected chi connectivity index (χ0v) is 32.6. The van der Waals surface area contributed by atoms with Gasteiger partial charge in [-0.2, -0.15) is 0 Å². The molecule has 2 spiro atoms. The van der Waals surface area contributed by atoms with Crippen LogP contribution in [0, 0.1) is 10.8 Å². The molecule has 0 atom stereocenters. The summed E-state index contributed by atoms with van der Waals surface area (Å²) in [4.78, 5) is 0. The molecule has 4 aliphatic rings. The summed E-state index contributed by atoms with van der Waals surface area (Å²) in [6, 6.07) is 33.6. The molecule has 2 aliphatic carbocycles. The molecule has 0 bridgehead atoms. The Morgan fingerprint density at radius 2 is 0.980 bits per heavy atom. The van der Waals surface area contributed by atoms with Crippen LogP contribution in [0.1, 0.15) is 104 Å². The van der Waals surface area contributed by atoms with E-state index in [0.717, 1.165) is 18.2 Å². The number of rotatable bonds is 4. The van der Waals surface area contributed by atoms with Gasteiger partial charge in [-0.25, -0.2) is 0 Å². The maximum Gasteiger partial charge on any atom is 0.305 e. The topological polar surface area (TPSA) is 47.9 Å². The Balaban J connectivity index is 0.000000202. The van der Waals surface area contributed by atoms with Gasteiger partial charge in [0.15, 0.2) is 5.60 Å². The zero-order valence-electron chi connectivity index (χ0n) is 32.6. The van der Waals surface area contributed by atoms with Crippen LogP contribution >= 0.6 is 0 Å². The van der Waals surface area contributed by atoms with Crippen LogP contribution < -0.4 is 0 Å². The molecule has 4 aromatic carbocycles. The van der Waals surface area contributed by atoms with Crippen LogP contribution in [-0.4, -0.2) is 12.2 Å². The van der Waals surface area contributed by atoms with Gasteiger partial charge in [-0.1, -0.05) is 178 Å². The van der Waals surface area contributed by atoms with Gasteiger partial charge in [-0.05, 0) is 40.2 Å². The third-order valence-electron chi connectivity index (χ3n) is 9.64. The molecule has 2 aliphatic heterocycles. The standard InChI is InChI=1S/C18H16O.C15H10O2.C9H18.2C2H6.CH4O/c1-17(2)11-12-19-18(17)15-9-5-3-7-13(15)14-8-4-6-10-16(14)18;1-3-7-13-11(5-1)12-6-2-4-8-14(12)15(13)16-9-10-17-15;1-5-7-8-9(3,4)6-2;3*1-2/h3-12H,1-2H3;1-10H;6H,2,5,7-8H2,1,3-4H3;2*1-2H3;2H,1H3. The predicted molar refractivity (Wildman–Crippen MR) is 215 cm³/mol. The minimum atomic E-state index is -0.757. The molecule has 51 heavy (non-hydrogen) atoms. The Morgan fingerprint density at radius 3 is 1.33 bits per heavy atom. The summed E-state index contributed by atoms with van der Waals surface area (Å²) in [5.74, 6) is -0.757. The van der Waals surface area contributed by atoms with Gasteiger partial charge in [0.25, 0.3) is 0 Å². The largest absolute Gasteiger partial charge is 0.485 e. The quantitative estimate of drug-likeness (QED) is 0.217. The van der Waals surface area contributed by atoms with Crippen LogP contribution in [-0.2, 0) is 25.6 Å². The first-order valence-electron chi connectivity index (χ1n) is 18.5. The van der Waals surface area contributed by atoms with E-state index in [2.05, 4.69) is 120 Å². The average molecular weight is 689 g/mol. The first kappa shape index (κ1) is 40.9. The number of benzene rings is 4. The highest BCUT2D eigenvalue weighted by Crippen LogP contribution is 2.60. The lowest BCUT2D eigenvalue weighted by atomic mass is 9.70. The number of ether oxygens (including phenoxy) is 3. The van der Waals surface area contributed by atoms with Crippen molar-refractivity contribution in [2.24, 2.45) is 10.8 Å². The molecule has 0 fully saturated rings. The van der Waals surface area contributed by atoms with Gasteiger partial charge < -0.3 is 19.3 Å². The molecule has 2 heterocycles. The van der Waals surface area contributed by atoms with Crippen LogP contribution in [0.15, 0.2) is 135 Å². The van der Waals surface area contributed by atoms with Crippen LogP contribution in [0.5, 0.6) is 0 Å². The summed E-state index contributed by atoms with van der Waals surface area (Å²) in [6.45, 7) is 23.0. The number of hydrogen-bond donors (Lipinski definition) is 1. The molecule has 272 valence electrons. The number of aliphatic hydroxyl groups excluding tert-OH is 1. The normalized spacial score (nSPS) is 15.7. The second kappa shape index (κ2) is 18.1. The van der Waals surface area contributed by atoms with E-state index >= 15 is 0 Å². The van der Waals surface area contributed by atoms with Crippen molar-refractivity contribution in [3.05, 3.63) is 157 Å². The Morgan fingerprint density at radius 1 is 0.608 bits per heavy atom. The highest BCUT2D eigenvalue weighted by Gasteiger charge is 2.56. The van der Waals surface area contributed by atoms with Gasteiger partial charge in [0, 0.05) is 34.8 Å². The molecule has 4 nitrogen and oxygen atoms in total. The first-order chi connectivity index (χ1) is 24.7. The van der Waals surface area contributed by atoms with E-state index < -0.39 is 5.79 Å². The van der Waals surface area contributed by atoms with Crippen molar-refractivity contribution in [1.82, 2.24) is 0 Å². The fraction of sp³-hybridized carbons (Fsp3) is 0.362. The van der Waals surface area contributed by atoms with Crippen molar-refractivity contribution >= 4 is 0 Å². The van der Waals surface area contributed by atoms with Gasteiger partial charge >= 0.3 is 5.79 Å². The SMILES string of the molecule is C1=COC2(O1)c1ccccc1-c1ccccc12.C=CC(C)(C)CCCC.CC.CC.CC1(C)C=COC12c1ccccc1-c1ccccc12.CO. The van der Waals surface area contributed by atoms with E-state index in [-0.39, 0.29) is 11.0 Å². The third kappa shape index (κ3) is 7.72. The van der Waals surface area contributed by atoms with Gasteiger partial charge in [-0.15, -0.1) is 6.58 Å². The van der Waals surface area contributed by atoms with Crippen LogP contribution in [0.3, 0.4) is 0 Å². The third-order valence-corrected chi connectivity index (χ3v) is 9.64. The molecule has 4 heteroatoms. The van der Waals surface area contributed by atoms with Gasteiger partial charge in [0.2, 0.25) is 0 Å². The first-order valence-corrected chi connectivity index (χ1v) is 18.5. The lowest BCUT2D eigenvalue weighted by Gasteiger charge is -2.38. The van der Waals surface area contributed by atoms with Crippen molar-refractivity contribution in [3.8, 4) is 22.3 Å². The zero-order chi connectivity index (χ0) is 37.7. The number of aliphatic hydroxyl groups is 1. The molecule has 0 saturated heterocycles. The second-order valence-electron chi connectivity index (χ2n) is 13.4. The minimum absolute atomic E-state index is 0.0459. The molecule has 0 unspecified atom stereocenters. The monoisotopic (exact) mass is 688 g/mol. The van der Waals surface area contributed by atoms with E-state index in [1.807, 2.05) is 64.3 Å². The summed E-state index contributed by atoms with van der Waals surface area (Å²) in [6.07, 6.45) is 13.2. The summed E-state index contributed by atoms with van der Waals surface area (Å²) in [5.41, 5.74) is 9.64. The fourth-order valence-corrected chi connectivity index (χ4v) is 7.01. The van der Waals surface area contributed by atoms with Gasteiger partial charge in [-0.3, -0.25) is 0 Å². The fourth-order valence-electron chi connectivity index (χ4n) is 7.01.